The van der Waals surface area contributed by atoms with Crippen molar-refractivity contribution in [1.82, 2.24) is 9.97 Å². The molecular weight excluding hydrogens is 988 g/mol. The zero-order chi connectivity index (χ0) is 48.5. The third kappa shape index (κ3) is 7.61. The van der Waals surface area contributed by atoms with Gasteiger partial charge in [0.2, 0.25) is 0 Å². The van der Waals surface area contributed by atoms with Crippen LogP contribution in [0.15, 0.2) is 120 Å². The van der Waals surface area contributed by atoms with Crippen LogP contribution in [0.4, 0.5) is 4.39 Å². The molecule has 11 rings (SSSR count). The number of fused-ring (bicyclic) bond motifs is 8. The molecule has 3 heterocycles. The fourth-order valence-corrected chi connectivity index (χ4v) is 11.8. The first kappa shape index (κ1) is 41.9. The number of rotatable bonds is 3. The maximum atomic E-state index is 12.8. The van der Waals surface area contributed by atoms with Crippen molar-refractivity contribution in [1.29, 1.82) is 0 Å². The zero-order valence-electron chi connectivity index (χ0n) is 42.9. The predicted molar refractivity (Wildman–Crippen MR) is 269 cm³/mol. The maximum Gasteiger partial charge on any atom is 0.121 e. The van der Waals surface area contributed by atoms with Gasteiger partial charge in [-0.05, 0) is 136 Å². The minimum Gasteiger partial charge on any atom is -0.501 e. The molecule has 0 bridgehead atoms. The molecule has 5 heteroatoms. The number of pyridine rings is 2. The molecule has 3 nitrogen and oxygen atoms in total. The minimum absolute atomic E-state index is 0. The Bertz CT molecular complexity index is 3430. The van der Waals surface area contributed by atoms with Crippen molar-refractivity contribution in [3.8, 4) is 33.6 Å². The summed E-state index contributed by atoms with van der Waals surface area (Å²) >= 11 is 0. The fourth-order valence-electron chi connectivity index (χ4n) is 11.8. The van der Waals surface area contributed by atoms with Gasteiger partial charge < -0.3 is 14.4 Å². The molecule has 6 aromatic carbocycles. The number of aryl methyl sites for hydroxylation is 1. The smallest absolute Gasteiger partial charge is 0.121 e. The van der Waals surface area contributed by atoms with Crippen LogP contribution >= 0.6 is 0 Å². The second-order valence-electron chi connectivity index (χ2n) is 22.3. The summed E-state index contributed by atoms with van der Waals surface area (Å²) < 4.78 is 45.9. The molecule has 0 saturated heterocycles. The van der Waals surface area contributed by atoms with Gasteiger partial charge in [0.05, 0.1) is 5.58 Å². The summed E-state index contributed by atoms with van der Waals surface area (Å²) in [5.41, 5.74) is 12.8. The SMILES string of the molecule is CC(C)(C)c1ccc(-c2[c-]cc(F)cc2)nc1.[2H]C([2H])([2H])c1cnc(-c2[c-]ccc3c2oc2cc4c(ccc5ccccc54)cc23)cc1-c1c2c(cc3c1C(C)(C)CC3(C)C)C(C)(C)CC2(C)C.[Ir]. The van der Waals surface area contributed by atoms with Crippen molar-refractivity contribution < 1.29 is 33.0 Å². The maximum absolute atomic E-state index is 12.8. The molecule has 3 aromatic heterocycles. The van der Waals surface area contributed by atoms with E-state index in [1.807, 2.05) is 24.4 Å². The fraction of sp³-hybridized carbons (Fsp3) is 0.311. The van der Waals surface area contributed by atoms with E-state index >= 15 is 0 Å². The summed E-state index contributed by atoms with van der Waals surface area (Å²) in [4.78, 5) is 9.28. The molecular formula is C61H59FIrN2O-2. The molecule has 0 N–H and O–H groups in total. The average Bonchev–Trinajstić information content (AvgIpc) is 3.80. The Morgan fingerprint density at radius 2 is 1.33 bits per heavy atom. The molecule has 2 aliphatic carbocycles. The quantitative estimate of drug-likeness (QED) is 0.131. The molecule has 1 radical (unpaired) electrons. The summed E-state index contributed by atoms with van der Waals surface area (Å²) in [6.07, 6.45) is 5.44. The second-order valence-corrected chi connectivity index (χ2v) is 22.3. The van der Waals surface area contributed by atoms with E-state index in [2.05, 4.69) is 160 Å². The second kappa shape index (κ2) is 15.8. The van der Waals surface area contributed by atoms with Crippen LogP contribution in [0.25, 0.3) is 77.1 Å². The third-order valence-electron chi connectivity index (χ3n) is 14.3. The number of halogens is 1. The minimum atomic E-state index is -2.36. The Morgan fingerprint density at radius 3 is 1.97 bits per heavy atom. The van der Waals surface area contributed by atoms with Crippen LogP contribution in [-0.2, 0) is 47.2 Å². The largest absolute Gasteiger partial charge is 0.501 e. The van der Waals surface area contributed by atoms with Crippen LogP contribution in [0.2, 0.25) is 0 Å². The van der Waals surface area contributed by atoms with Crippen LogP contribution in [0, 0.1) is 24.8 Å². The Morgan fingerprint density at radius 1 is 0.652 bits per heavy atom. The van der Waals surface area contributed by atoms with E-state index in [1.165, 1.54) is 50.7 Å². The molecule has 2 aliphatic rings. The molecule has 9 aromatic rings. The summed E-state index contributed by atoms with van der Waals surface area (Å²) in [7, 11) is 0. The summed E-state index contributed by atoms with van der Waals surface area (Å²) in [6, 6.07) is 40.4. The Balaban J connectivity index is 0.000000279. The molecule has 0 saturated carbocycles. The van der Waals surface area contributed by atoms with E-state index in [1.54, 1.807) is 12.3 Å². The van der Waals surface area contributed by atoms with E-state index in [4.69, 9.17) is 13.5 Å². The third-order valence-corrected chi connectivity index (χ3v) is 14.3. The first-order valence-electron chi connectivity index (χ1n) is 24.4. The van der Waals surface area contributed by atoms with Crippen molar-refractivity contribution in [2.75, 3.05) is 0 Å². The number of benzene rings is 6. The van der Waals surface area contributed by atoms with Crippen LogP contribution < -0.4 is 0 Å². The molecule has 0 amide bonds. The Hall–Kier alpha value is -5.48. The van der Waals surface area contributed by atoms with Gasteiger partial charge in [0.25, 0.3) is 0 Å². The average molecular weight is 1050 g/mol. The summed E-state index contributed by atoms with van der Waals surface area (Å²) in [5, 5.41) is 6.71. The van der Waals surface area contributed by atoms with Gasteiger partial charge in [0.1, 0.15) is 5.58 Å². The van der Waals surface area contributed by atoms with Gasteiger partial charge in [0.15, 0.2) is 0 Å². The van der Waals surface area contributed by atoms with E-state index in [9.17, 15) is 4.39 Å². The van der Waals surface area contributed by atoms with Gasteiger partial charge >= 0.3 is 0 Å². The Labute approximate surface area is 407 Å². The number of hydrogen-bond donors (Lipinski definition) is 0. The molecule has 0 unspecified atom stereocenters. The molecule has 0 atom stereocenters. The first-order chi connectivity index (χ1) is 31.8. The van der Waals surface area contributed by atoms with E-state index < -0.39 is 6.85 Å². The standard InChI is InChI=1S/C46H44NO.C15H15FN.Ir/c1-26-23-47-37(20-32(26)39-40-35(43(2,3)24-45(40,6)7)22-36-41(39)46(8,9)25-44(36,4)5)31-16-12-15-30-34-19-28-18-17-27-13-10-11-14-29(27)33(28)21-38(34)48-42(30)31;1-15(2,3)12-6-9-14(17-10-12)11-4-7-13(16)8-5-11;/h10-15,17-23H,24-25H2,1-9H3;4,6-10H,1-3H3;/q2*-1;/i1D3;;. The normalized spacial score (nSPS) is 17.4. The first-order valence-corrected chi connectivity index (χ1v) is 22.9. The van der Waals surface area contributed by atoms with Gasteiger partial charge in [-0.2, -0.15) is 0 Å². The van der Waals surface area contributed by atoms with Gasteiger partial charge in [0, 0.05) is 47.8 Å². The molecule has 66 heavy (non-hydrogen) atoms. The number of nitrogens with zero attached hydrogens (tertiary/aromatic N) is 2. The van der Waals surface area contributed by atoms with E-state index in [0.717, 1.165) is 67.9 Å². The van der Waals surface area contributed by atoms with Gasteiger partial charge in [-0.15, -0.1) is 48.0 Å². The summed E-state index contributed by atoms with van der Waals surface area (Å²) in [6.45, 7) is 22.8. The number of furan rings is 1. The van der Waals surface area contributed by atoms with Gasteiger partial charge in [-0.25, -0.2) is 0 Å². The van der Waals surface area contributed by atoms with E-state index in [0.29, 0.717) is 11.3 Å². The van der Waals surface area contributed by atoms with Crippen molar-refractivity contribution in [3.05, 3.63) is 167 Å². The van der Waals surface area contributed by atoms with Gasteiger partial charge in [-0.3, -0.25) is 4.39 Å². The molecule has 337 valence electrons. The predicted octanol–water partition coefficient (Wildman–Crippen LogP) is 16.6. The Kier molecular flexibility index (Phi) is 10.0. The molecule has 0 fully saturated rings. The van der Waals surface area contributed by atoms with Crippen molar-refractivity contribution in [2.24, 2.45) is 0 Å². The van der Waals surface area contributed by atoms with Crippen LogP contribution in [0.1, 0.15) is 126 Å². The molecule has 0 aliphatic heterocycles. The van der Waals surface area contributed by atoms with Crippen LogP contribution in [0.3, 0.4) is 0 Å². The topological polar surface area (TPSA) is 38.9 Å². The summed E-state index contributed by atoms with van der Waals surface area (Å²) in [5.74, 6) is -0.278. The van der Waals surface area contributed by atoms with Crippen LogP contribution in [0.5, 0.6) is 0 Å². The monoisotopic (exact) mass is 1050 g/mol. The van der Waals surface area contributed by atoms with Crippen molar-refractivity contribution in [3.63, 3.8) is 0 Å². The number of hydrogen-bond acceptors (Lipinski definition) is 3. The zero-order valence-corrected chi connectivity index (χ0v) is 42.3. The van der Waals surface area contributed by atoms with E-state index in [-0.39, 0.29) is 58.6 Å². The van der Waals surface area contributed by atoms with Gasteiger partial charge in [-0.1, -0.05) is 148 Å². The number of aromatic nitrogens is 2. The molecule has 0 spiro atoms. The van der Waals surface area contributed by atoms with Crippen LogP contribution in [-0.4, -0.2) is 9.97 Å². The van der Waals surface area contributed by atoms with Crippen molar-refractivity contribution >= 4 is 43.5 Å². The van der Waals surface area contributed by atoms with Crippen molar-refractivity contribution in [2.45, 2.75) is 123 Å².